The molecule has 0 aliphatic heterocycles. The molecule has 1 amide bonds. The first-order valence-corrected chi connectivity index (χ1v) is 5.59. The molecule has 0 aliphatic carbocycles. The van der Waals surface area contributed by atoms with Crippen molar-refractivity contribution in [1.29, 1.82) is 0 Å². The van der Waals surface area contributed by atoms with Crippen molar-refractivity contribution in [2.45, 2.75) is 27.2 Å². The van der Waals surface area contributed by atoms with E-state index in [1.54, 1.807) is 19.1 Å². The highest BCUT2D eigenvalue weighted by molar-refractivity contribution is 5.94. The Bertz CT molecular complexity index is 376. The fourth-order valence-corrected chi connectivity index (χ4v) is 1.33. The summed E-state index contributed by atoms with van der Waals surface area (Å²) in [4.78, 5) is 11.7. The summed E-state index contributed by atoms with van der Waals surface area (Å²) in [6, 6.07) is 4.85. The minimum absolute atomic E-state index is 0.128. The second-order valence-electron chi connectivity index (χ2n) is 4.16. The molecule has 1 unspecified atom stereocenters. The van der Waals surface area contributed by atoms with Crippen LogP contribution >= 0.6 is 0 Å². The number of nitrogens with one attached hydrogen (secondary N) is 1. The van der Waals surface area contributed by atoms with Crippen LogP contribution in [0.5, 0.6) is 0 Å². The first-order valence-electron chi connectivity index (χ1n) is 5.59. The average Bonchev–Trinajstić information content (AvgIpc) is 2.29. The monoisotopic (exact) mass is 223 g/mol. The molecule has 16 heavy (non-hydrogen) atoms. The fraction of sp³-hybridized carbons (Fsp3) is 0.462. The number of amides is 1. The fourth-order valence-electron chi connectivity index (χ4n) is 1.33. The topological polar surface area (TPSA) is 29.1 Å². The third kappa shape index (κ3) is 3.05. The first kappa shape index (κ1) is 12.7. The molecule has 0 fully saturated rings. The van der Waals surface area contributed by atoms with Crippen molar-refractivity contribution in [3.05, 3.63) is 35.1 Å². The molecule has 0 bridgehead atoms. The van der Waals surface area contributed by atoms with Crippen molar-refractivity contribution < 1.29 is 9.18 Å². The Hall–Kier alpha value is -1.38. The van der Waals surface area contributed by atoms with Crippen molar-refractivity contribution in [1.82, 2.24) is 5.32 Å². The van der Waals surface area contributed by atoms with Gasteiger partial charge in [0, 0.05) is 6.54 Å². The number of carbonyl (C=O) groups excluding carboxylic acids is 1. The van der Waals surface area contributed by atoms with E-state index in [1.165, 1.54) is 6.07 Å². The van der Waals surface area contributed by atoms with E-state index in [-0.39, 0.29) is 11.5 Å². The Morgan fingerprint density at radius 2 is 2.19 bits per heavy atom. The highest BCUT2D eigenvalue weighted by Gasteiger charge is 2.13. The van der Waals surface area contributed by atoms with E-state index in [2.05, 4.69) is 12.2 Å². The van der Waals surface area contributed by atoms with Gasteiger partial charge in [-0.15, -0.1) is 0 Å². The van der Waals surface area contributed by atoms with Gasteiger partial charge >= 0.3 is 0 Å². The molecule has 0 saturated carbocycles. The Morgan fingerprint density at radius 1 is 1.50 bits per heavy atom. The van der Waals surface area contributed by atoms with E-state index in [1.807, 2.05) is 6.92 Å². The molecule has 0 aromatic heterocycles. The van der Waals surface area contributed by atoms with Crippen LogP contribution in [-0.2, 0) is 0 Å². The standard InChI is InChI=1S/C13H18FNO/c1-4-9(2)8-15-13(16)11-7-5-6-10(3)12(11)14/h5-7,9H,4,8H2,1-3H3,(H,15,16). The molecular weight excluding hydrogens is 205 g/mol. The number of hydrogen-bond donors (Lipinski definition) is 1. The maximum atomic E-state index is 13.6. The largest absolute Gasteiger partial charge is 0.352 e. The molecule has 2 nitrogen and oxygen atoms in total. The van der Waals surface area contributed by atoms with Gasteiger partial charge < -0.3 is 5.32 Å². The summed E-state index contributed by atoms with van der Waals surface area (Å²) in [5.41, 5.74) is 0.625. The van der Waals surface area contributed by atoms with Crippen LogP contribution in [0.4, 0.5) is 4.39 Å². The Labute approximate surface area is 95.9 Å². The summed E-state index contributed by atoms with van der Waals surface area (Å²) < 4.78 is 13.6. The summed E-state index contributed by atoms with van der Waals surface area (Å²) in [7, 11) is 0. The van der Waals surface area contributed by atoms with Gasteiger partial charge in [0.1, 0.15) is 5.82 Å². The maximum Gasteiger partial charge on any atom is 0.254 e. The lowest BCUT2D eigenvalue weighted by Gasteiger charge is -2.11. The summed E-state index contributed by atoms with van der Waals surface area (Å²) in [5.74, 6) is -0.345. The van der Waals surface area contributed by atoms with E-state index in [0.29, 0.717) is 18.0 Å². The van der Waals surface area contributed by atoms with Gasteiger partial charge in [0.25, 0.3) is 5.91 Å². The molecule has 0 saturated heterocycles. The number of halogens is 1. The molecule has 0 aliphatic rings. The van der Waals surface area contributed by atoms with Gasteiger partial charge in [-0.2, -0.15) is 0 Å². The molecule has 0 radical (unpaired) electrons. The van der Waals surface area contributed by atoms with Gasteiger partial charge in [-0.3, -0.25) is 4.79 Å². The van der Waals surface area contributed by atoms with Crippen LogP contribution in [0.25, 0.3) is 0 Å². The Morgan fingerprint density at radius 3 is 2.81 bits per heavy atom. The zero-order valence-corrected chi connectivity index (χ0v) is 10.0. The lowest BCUT2D eigenvalue weighted by atomic mass is 10.1. The smallest absolute Gasteiger partial charge is 0.254 e. The Balaban J connectivity index is 2.70. The van der Waals surface area contributed by atoms with Gasteiger partial charge in [-0.1, -0.05) is 32.4 Å². The molecule has 1 aromatic carbocycles. The zero-order chi connectivity index (χ0) is 12.1. The Kier molecular flexibility index (Phi) is 4.47. The van der Waals surface area contributed by atoms with Gasteiger partial charge in [-0.05, 0) is 24.5 Å². The van der Waals surface area contributed by atoms with Gasteiger partial charge in [0.05, 0.1) is 5.56 Å². The highest BCUT2D eigenvalue weighted by atomic mass is 19.1. The number of benzene rings is 1. The van der Waals surface area contributed by atoms with E-state index < -0.39 is 5.82 Å². The zero-order valence-electron chi connectivity index (χ0n) is 10.0. The molecule has 3 heteroatoms. The van der Waals surface area contributed by atoms with Crippen molar-refractivity contribution in [2.75, 3.05) is 6.54 Å². The highest BCUT2D eigenvalue weighted by Crippen LogP contribution is 2.11. The summed E-state index contributed by atoms with van der Waals surface area (Å²) >= 11 is 0. The molecular formula is C13H18FNO. The maximum absolute atomic E-state index is 13.6. The number of rotatable bonds is 4. The van der Waals surface area contributed by atoms with Crippen molar-refractivity contribution in [3.8, 4) is 0 Å². The van der Waals surface area contributed by atoms with Crippen LogP contribution in [-0.4, -0.2) is 12.5 Å². The first-order chi connectivity index (χ1) is 7.56. The second-order valence-corrected chi connectivity index (χ2v) is 4.16. The summed E-state index contributed by atoms with van der Waals surface area (Å²) in [6.45, 7) is 6.35. The van der Waals surface area contributed by atoms with Crippen molar-refractivity contribution in [2.24, 2.45) is 5.92 Å². The van der Waals surface area contributed by atoms with Crippen LogP contribution < -0.4 is 5.32 Å². The quantitative estimate of drug-likeness (QED) is 0.835. The average molecular weight is 223 g/mol. The second kappa shape index (κ2) is 5.64. The molecule has 1 atom stereocenters. The van der Waals surface area contributed by atoms with Crippen LogP contribution in [0.15, 0.2) is 18.2 Å². The van der Waals surface area contributed by atoms with Crippen LogP contribution in [0.1, 0.15) is 36.2 Å². The van der Waals surface area contributed by atoms with E-state index in [0.717, 1.165) is 6.42 Å². The number of hydrogen-bond acceptors (Lipinski definition) is 1. The van der Waals surface area contributed by atoms with E-state index >= 15 is 0 Å². The van der Waals surface area contributed by atoms with Gasteiger partial charge in [-0.25, -0.2) is 4.39 Å². The van der Waals surface area contributed by atoms with Crippen LogP contribution in [0, 0.1) is 18.7 Å². The van der Waals surface area contributed by atoms with E-state index in [4.69, 9.17) is 0 Å². The van der Waals surface area contributed by atoms with Gasteiger partial charge in [0.2, 0.25) is 0 Å². The van der Waals surface area contributed by atoms with Crippen molar-refractivity contribution >= 4 is 5.91 Å². The third-order valence-corrected chi connectivity index (χ3v) is 2.74. The molecule has 1 aromatic rings. The molecule has 0 spiro atoms. The summed E-state index contributed by atoms with van der Waals surface area (Å²) in [5, 5.41) is 2.74. The summed E-state index contributed by atoms with van der Waals surface area (Å²) in [6.07, 6.45) is 0.997. The third-order valence-electron chi connectivity index (χ3n) is 2.74. The van der Waals surface area contributed by atoms with Crippen molar-refractivity contribution in [3.63, 3.8) is 0 Å². The minimum Gasteiger partial charge on any atom is -0.352 e. The van der Waals surface area contributed by atoms with Crippen LogP contribution in [0.2, 0.25) is 0 Å². The SMILES string of the molecule is CCC(C)CNC(=O)c1cccc(C)c1F. The molecule has 0 heterocycles. The predicted molar refractivity (Wildman–Crippen MR) is 62.9 cm³/mol. The molecule has 1 rings (SSSR count). The molecule has 88 valence electrons. The minimum atomic E-state index is -0.427. The van der Waals surface area contributed by atoms with Crippen LogP contribution in [0.3, 0.4) is 0 Å². The lowest BCUT2D eigenvalue weighted by molar-refractivity contribution is 0.0943. The molecule has 1 N–H and O–H groups in total. The predicted octanol–water partition coefficient (Wildman–Crippen LogP) is 2.91. The normalized spacial score (nSPS) is 12.2. The number of aryl methyl sites for hydroxylation is 1. The lowest BCUT2D eigenvalue weighted by Crippen LogP contribution is -2.28. The number of carbonyl (C=O) groups is 1. The van der Waals surface area contributed by atoms with Gasteiger partial charge in [0.15, 0.2) is 0 Å². The van der Waals surface area contributed by atoms with E-state index in [9.17, 15) is 9.18 Å².